The molecular weight excluding hydrogens is 354 g/mol. The minimum atomic E-state index is -0.340. The minimum absolute atomic E-state index is 0.0944. The molecule has 3 heterocycles. The number of fused-ring (bicyclic) bond motifs is 1. The van der Waals surface area contributed by atoms with Crippen molar-refractivity contribution in [3.05, 3.63) is 64.9 Å². The summed E-state index contributed by atoms with van der Waals surface area (Å²) in [6.45, 7) is 6.20. The van der Waals surface area contributed by atoms with Gasteiger partial charge in [0.05, 0.1) is 29.5 Å². The largest absolute Gasteiger partial charge is 0.288 e. The molecular formula is C20H23N7O. The van der Waals surface area contributed by atoms with Gasteiger partial charge in [-0.05, 0) is 25.0 Å². The van der Waals surface area contributed by atoms with E-state index in [4.69, 9.17) is 10.1 Å². The molecule has 0 aliphatic carbocycles. The molecule has 0 aliphatic rings. The third-order valence-electron chi connectivity index (χ3n) is 4.76. The molecule has 28 heavy (non-hydrogen) atoms. The Morgan fingerprint density at radius 3 is 2.61 bits per heavy atom. The zero-order chi connectivity index (χ0) is 19.8. The first kappa shape index (κ1) is 18.1. The third kappa shape index (κ3) is 3.11. The Balaban J connectivity index is 1.86. The van der Waals surface area contributed by atoms with E-state index in [0.29, 0.717) is 22.6 Å². The quantitative estimate of drug-likeness (QED) is 0.534. The van der Waals surface area contributed by atoms with Crippen LogP contribution in [0.1, 0.15) is 38.5 Å². The molecule has 0 N–H and O–H groups in total. The van der Waals surface area contributed by atoms with Crippen LogP contribution in [0.15, 0.2) is 47.7 Å². The normalized spacial score (nSPS) is 12.8. The zero-order valence-corrected chi connectivity index (χ0v) is 16.4. The molecule has 3 aromatic heterocycles. The lowest BCUT2D eigenvalue weighted by atomic mass is 10.1. The Kier molecular flexibility index (Phi) is 4.54. The van der Waals surface area contributed by atoms with Crippen LogP contribution >= 0.6 is 0 Å². The van der Waals surface area contributed by atoms with E-state index < -0.39 is 0 Å². The van der Waals surface area contributed by atoms with Crippen LogP contribution in [0.3, 0.4) is 0 Å². The molecule has 0 saturated carbocycles. The summed E-state index contributed by atoms with van der Waals surface area (Å²) in [6, 6.07) is 8.90. The second-order valence-electron chi connectivity index (χ2n) is 7.36. The summed E-state index contributed by atoms with van der Waals surface area (Å²) in [4.78, 5) is 22.3. The van der Waals surface area contributed by atoms with Crippen LogP contribution in [0.4, 0.5) is 0 Å². The highest BCUT2D eigenvalue weighted by molar-refractivity contribution is 5.76. The van der Waals surface area contributed by atoms with Gasteiger partial charge in [-0.2, -0.15) is 9.78 Å². The van der Waals surface area contributed by atoms with E-state index in [1.165, 1.54) is 0 Å². The van der Waals surface area contributed by atoms with Gasteiger partial charge in [0.15, 0.2) is 17.5 Å². The second kappa shape index (κ2) is 7.03. The predicted octanol–water partition coefficient (Wildman–Crippen LogP) is 2.52. The highest BCUT2D eigenvalue weighted by Gasteiger charge is 2.22. The van der Waals surface area contributed by atoms with Crippen molar-refractivity contribution in [1.82, 2.24) is 34.1 Å². The Bertz CT molecular complexity index is 1180. The fourth-order valence-corrected chi connectivity index (χ4v) is 3.32. The molecule has 0 saturated heterocycles. The molecule has 0 radical (unpaired) electrons. The lowest BCUT2D eigenvalue weighted by Crippen LogP contribution is -2.26. The van der Waals surface area contributed by atoms with Crippen molar-refractivity contribution in [2.24, 2.45) is 13.0 Å². The lowest BCUT2D eigenvalue weighted by molar-refractivity contribution is 0.547. The topological polar surface area (TPSA) is 83.4 Å². The number of hydrogen-bond donors (Lipinski definition) is 0. The van der Waals surface area contributed by atoms with Gasteiger partial charge < -0.3 is 0 Å². The van der Waals surface area contributed by atoms with Gasteiger partial charge in [-0.1, -0.05) is 26.0 Å². The fourth-order valence-electron chi connectivity index (χ4n) is 3.32. The fraction of sp³-hybridized carbons (Fsp3) is 0.350. The Hall–Kier alpha value is -3.29. The molecule has 4 aromatic rings. The first-order chi connectivity index (χ1) is 13.5. The predicted molar refractivity (Wildman–Crippen MR) is 106 cm³/mol. The SMILES string of the molecule is CC(C)Cc1nc(C(C)n2cnc3ccccc3c2=O)n(-c2ccnn2C)n1. The zero-order valence-electron chi connectivity index (χ0n) is 16.4. The summed E-state index contributed by atoms with van der Waals surface area (Å²) in [5.74, 6) is 2.65. The first-order valence-corrected chi connectivity index (χ1v) is 9.35. The molecule has 1 unspecified atom stereocenters. The highest BCUT2D eigenvalue weighted by atomic mass is 16.1. The maximum absolute atomic E-state index is 13.0. The summed E-state index contributed by atoms with van der Waals surface area (Å²) < 4.78 is 5.13. The number of rotatable bonds is 5. The Morgan fingerprint density at radius 1 is 1.11 bits per heavy atom. The molecule has 0 bridgehead atoms. The van der Waals surface area contributed by atoms with E-state index >= 15 is 0 Å². The summed E-state index contributed by atoms with van der Waals surface area (Å²) in [6.07, 6.45) is 4.06. The summed E-state index contributed by atoms with van der Waals surface area (Å²) in [7, 11) is 1.86. The average molecular weight is 377 g/mol. The molecule has 8 heteroatoms. The number of para-hydroxylation sites is 1. The van der Waals surface area contributed by atoms with Gasteiger partial charge in [-0.3, -0.25) is 14.0 Å². The van der Waals surface area contributed by atoms with Crippen LogP contribution in [-0.4, -0.2) is 34.1 Å². The number of hydrogen-bond acceptors (Lipinski definition) is 5. The second-order valence-corrected chi connectivity index (χ2v) is 7.36. The molecule has 0 amide bonds. The molecule has 4 rings (SSSR count). The summed E-state index contributed by atoms with van der Waals surface area (Å²) >= 11 is 0. The van der Waals surface area contributed by atoms with E-state index in [1.807, 2.05) is 38.2 Å². The van der Waals surface area contributed by atoms with Crippen LogP contribution in [-0.2, 0) is 13.5 Å². The van der Waals surface area contributed by atoms with Crippen molar-refractivity contribution >= 4 is 10.9 Å². The highest BCUT2D eigenvalue weighted by Crippen LogP contribution is 2.20. The van der Waals surface area contributed by atoms with Crippen molar-refractivity contribution in [2.75, 3.05) is 0 Å². The molecule has 0 aliphatic heterocycles. The van der Waals surface area contributed by atoms with Gasteiger partial charge in [0, 0.05) is 19.5 Å². The van der Waals surface area contributed by atoms with Gasteiger partial charge in [-0.25, -0.2) is 9.97 Å². The molecule has 144 valence electrons. The molecule has 1 atom stereocenters. The molecule has 1 aromatic carbocycles. The van der Waals surface area contributed by atoms with Crippen LogP contribution in [0.25, 0.3) is 16.7 Å². The van der Waals surface area contributed by atoms with E-state index in [1.54, 1.807) is 32.5 Å². The summed E-state index contributed by atoms with van der Waals surface area (Å²) in [5, 5.41) is 9.53. The Morgan fingerprint density at radius 2 is 1.89 bits per heavy atom. The van der Waals surface area contributed by atoms with Crippen LogP contribution in [0.5, 0.6) is 0 Å². The molecule has 8 nitrogen and oxygen atoms in total. The van der Waals surface area contributed by atoms with Crippen molar-refractivity contribution in [3.8, 4) is 5.82 Å². The first-order valence-electron chi connectivity index (χ1n) is 9.35. The average Bonchev–Trinajstić information content (AvgIpc) is 3.27. The minimum Gasteiger partial charge on any atom is -0.288 e. The van der Waals surface area contributed by atoms with Gasteiger partial charge in [0.1, 0.15) is 0 Å². The monoisotopic (exact) mass is 377 g/mol. The van der Waals surface area contributed by atoms with Crippen LogP contribution in [0.2, 0.25) is 0 Å². The maximum atomic E-state index is 13.0. The standard InChI is InChI=1S/C20H23N7O/c1-13(2)11-17-23-19(27(24-17)18-9-10-22-25(18)4)14(3)26-12-21-16-8-6-5-7-15(16)20(26)28/h5-10,12-14H,11H2,1-4H3. The number of aryl methyl sites for hydroxylation is 1. The van der Waals surface area contributed by atoms with Gasteiger partial charge in [-0.15, -0.1) is 5.10 Å². The smallest absolute Gasteiger partial charge is 0.261 e. The maximum Gasteiger partial charge on any atom is 0.261 e. The number of benzene rings is 1. The van der Waals surface area contributed by atoms with Crippen LogP contribution < -0.4 is 5.56 Å². The lowest BCUT2D eigenvalue weighted by Gasteiger charge is -2.15. The van der Waals surface area contributed by atoms with Crippen molar-refractivity contribution in [1.29, 1.82) is 0 Å². The van der Waals surface area contributed by atoms with Crippen molar-refractivity contribution < 1.29 is 0 Å². The number of nitrogens with zero attached hydrogens (tertiary/aromatic N) is 7. The van der Waals surface area contributed by atoms with E-state index in [9.17, 15) is 4.79 Å². The summed E-state index contributed by atoms with van der Waals surface area (Å²) in [5.41, 5.74) is 0.590. The van der Waals surface area contributed by atoms with Gasteiger partial charge >= 0.3 is 0 Å². The third-order valence-corrected chi connectivity index (χ3v) is 4.76. The van der Waals surface area contributed by atoms with Gasteiger partial charge in [0.2, 0.25) is 0 Å². The van der Waals surface area contributed by atoms with E-state index in [-0.39, 0.29) is 11.6 Å². The van der Waals surface area contributed by atoms with Crippen molar-refractivity contribution in [3.63, 3.8) is 0 Å². The number of aromatic nitrogens is 7. The Labute approximate surface area is 162 Å². The molecule has 0 spiro atoms. The van der Waals surface area contributed by atoms with Crippen LogP contribution in [0, 0.1) is 5.92 Å². The van der Waals surface area contributed by atoms with E-state index in [2.05, 4.69) is 23.9 Å². The van der Waals surface area contributed by atoms with Gasteiger partial charge in [0.25, 0.3) is 5.56 Å². The van der Waals surface area contributed by atoms with Crippen molar-refractivity contribution in [2.45, 2.75) is 33.2 Å². The van der Waals surface area contributed by atoms with E-state index in [0.717, 1.165) is 18.1 Å². The molecule has 0 fully saturated rings.